The Labute approximate surface area is 159 Å². The molecule has 5 nitrogen and oxygen atoms in total. The summed E-state index contributed by atoms with van der Waals surface area (Å²) in [5, 5.41) is 12.1. The first-order valence-corrected chi connectivity index (χ1v) is 8.92. The van der Waals surface area contributed by atoms with E-state index in [-0.39, 0.29) is 0 Å². The Bertz CT molecular complexity index is 747. The van der Waals surface area contributed by atoms with Gasteiger partial charge in [-0.25, -0.2) is 0 Å². The van der Waals surface area contributed by atoms with Crippen LogP contribution in [0, 0.1) is 0 Å². The van der Waals surface area contributed by atoms with Gasteiger partial charge in [-0.15, -0.1) is 0 Å². The second-order valence-electron chi connectivity index (χ2n) is 5.90. The van der Waals surface area contributed by atoms with Crippen LogP contribution in [0.25, 0.3) is 0 Å². The average molecular weight is 378 g/mol. The van der Waals surface area contributed by atoms with Crippen LogP contribution >= 0.6 is 11.6 Å². The van der Waals surface area contributed by atoms with Gasteiger partial charge in [0.2, 0.25) is 0 Å². The Morgan fingerprint density at radius 2 is 1.81 bits per heavy atom. The zero-order chi connectivity index (χ0) is 18.9. The number of nitrogens with zero attached hydrogens (tertiary/aromatic N) is 1. The minimum Gasteiger partial charge on any atom is -0.490 e. The summed E-state index contributed by atoms with van der Waals surface area (Å²) in [7, 11) is 0. The van der Waals surface area contributed by atoms with Crippen LogP contribution in [-0.2, 0) is 0 Å². The predicted molar refractivity (Wildman–Crippen MR) is 104 cm³/mol. The van der Waals surface area contributed by atoms with Crippen molar-refractivity contribution in [3.63, 3.8) is 0 Å². The maximum atomic E-state index is 8.68. The van der Waals surface area contributed by atoms with E-state index in [1.165, 1.54) is 6.21 Å². The predicted octanol–water partition coefficient (Wildman–Crippen LogP) is 5.13. The molecule has 0 amide bonds. The molecule has 6 heteroatoms. The lowest BCUT2D eigenvalue weighted by Gasteiger charge is -2.16. The maximum Gasteiger partial charge on any atom is 0.179 e. The molecule has 1 N–H and O–H groups in total. The molecule has 0 saturated carbocycles. The van der Waals surface area contributed by atoms with Gasteiger partial charge in [-0.1, -0.05) is 48.8 Å². The third kappa shape index (κ3) is 5.30. The number of para-hydroxylation sites is 1. The minimum atomic E-state index is 0.319. The van der Waals surface area contributed by atoms with E-state index in [1.807, 2.05) is 25.1 Å². The van der Waals surface area contributed by atoms with Gasteiger partial charge in [-0.3, -0.25) is 0 Å². The maximum absolute atomic E-state index is 8.68. The summed E-state index contributed by atoms with van der Waals surface area (Å²) >= 11 is 6.28. The molecular formula is C20H24ClNO4. The van der Waals surface area contributed by atoms with Crippen LogP contribution in [0.3, 0.4) is 0 Å². The molecule has 0 heterocycles. The lowest BCUT2D eigenvalue weighted by atomic mass is 10.0. The fourth-order valence-corrected chi connectivity index (χ4v) is 2.79. The number of hydrogen-bond acceptors (Lipinski definition) is 5. The highest BCUT2D eigenvalue weighted by Gasteiger charge is 2.13. The van der Waals surface area contributed by atoms with Crippen LogP contribution in [0.5, 0.6) is 17.2 Å². The standard InChI is InChI=1S/C20H24ClNO4/c1-4-24-19-12-15(13-22-23)11-17(21)20(19)26-10-9-25-18-8-6-5-7-16(18)14(2)3/h5-8,11-14,23H,4,9-10H2,1-3H3. The van der Waals surface area contributed by atoms with Gasteiger partial charge in [0.05, 0.1) is 17.8 Å². The van der Waals surface area contributed by atoms with Crippen molar-refractivity contribution >= 4 is 17.8 Å². The van der Waals surface area contributed by atoms with E-state index in [0.717, 1.165) is 11.3 Å². The van der Waals surface area contributed by atoms with Crippen molar-refractivity contribution < 1.29 is 19.4 Å². The van der Waals surface area contributed by atoms with E-state index in [4.69, 9.17) is 31.0 Å². The highest BCUT2D eigenvalue weighted by atomic mass is 35.5. The zero-order valence-corrected chi connectivity index (χ0v) is 16.0. The molecule has 0 aromatic heterocycles. The highest BCUT2D eigenvalue weighted by molar-refractivity contribution is 6.32. The van der Waals surface area contributed by atoms with Crippen molar-refractivity contribution in [1.29, 1.82) is 0 Å². The first-order valence-electron chi connectivity index (χ1n) is 8.55. The van der Waals surface area contributed by atoms with Crippen molar-refractivity contribution in [2.75, 3.05) is 19.8 Å². The van der Waals surface area contributed by atoms with Gasteiger partial charge in [0.15, 0.2) is 11.5 Å². The van der Waals surface area contributed by atoms with E-state index in [1.54, 1.807) is 12.1 Å². The Kier molecular flexibility index (Phi) is 7.60. The monoisotopic (exact) mass is 377 g/mol. The molecule has 0 aliphatic rings. The summed E-state index contributed by atoms with van der Waals surface area (Å²) in [6.45, 7) is 7.29. The van der Waals surface area contributed by atoms with Crippen LogP contribution in [0.2, 0.25) is 5.02 Å². The second-order valence-corrected chi connectivity index (χ2v) is 6.30. The van der Waals surface area contributed by atoms with E-state index in [9.17, 15) is 0 Å². The minimum absolute atomic E-state index is 0.319. The van der Waals surface area contributed by atoms with Gasteiger partial charge in [-0.05, 0) is 36.6 Å². The Morgan fingerprint density at radius 3 is 2.50 bits per heavy atom. The summed E-state index contributed by atoms with van der Waals surface area (Å²) in [5.74, 6) is 2.19. The Morgan fingerprint density at radius 1 is 1.08 bits per heavy atom. The molecule has 0 aliphatic heterocycles. The van der Waals surface area contributed by atoms with Crippen molar-refractivity contribution in [3.8, 4) is 17.2 Å². The van der Waals surface area contributed by atoms with Gasteiger partial charge in [0.1, 0.15) is 19.0 Å². The third-order valence-electron chi connectivity index (χ3n) is 3.67. The molecular weight excluding hydrogens is 354 g/mol. The number of halogens is 1. The van der Waals surface area contributed by atoms with Crippen molar-refractivity contribution in [3.05, 3.63) is 52.5 Å². The number of hydrogen-bond donors (Lipinski definition) is 1. The molecule has 0 atom stereocenters. The van der Waals surface area contributed by atoms with Crippen molar-refractivity contribution in [2.45, 2.75) is 26.7 Å². The summed E-state index contributed by atoms with van der Waals surface area (Å²) in [5.41, 5.74) is 1.78. The van der Waals surface area contributed by atoms with Gasteiger partial charge >= 0.3 is 0 Å². The molecule has 26 heavy (non-hydrogen) atoms. The highest BCUT2D eigenvalue weighted by Crippen LogP contribution is 2.36. The van der Waals surface area contributed by atoms with Gasteiger partial charge in [0.25, 0.3) is 0 Å². The first-order chi connectivity index (χ1) is 12.6. The number of ether oxygens (including phenoxy) is 3. The molecule has 0 fully saturated rings. The topological polar surface area (TPSA) is 60.3 Å². The molecule has 2 rings (SSSR count). The van der Waals surface area contributed by atoms with Crippen LogP contribution < -0.4 is 14.2 Å². The Balaban J connectivity index is 2.03. The van der Waals surface area contributed by atoms with E-state index >= 15 is 0 Å². The fraction of sp³-hybridized carbons (Fsp3) is 0.350. The molecule has 0 spiro atoms. The smallest absolute Gasteiger partial charge is 0.179 e. The van der Waals surface area contributed by atoms with Crippen LogP contribution in [-0.4, -0.2) is 31.2 Å². The van der Waals surface area contributed by atoms with Crippen molar-refractivity contribution in [2.24, 2.45) is 5.16 Å². The summed E-state index contributed by atoms with van der Waals surface area (Å²) < 4.78 is 17.2. The molecule has 2 aromatic rings. The average Bonchev–Trinajstić information content (AvgIpc) is 2.61. The largest absolute Gasteiger partial charge is 0.490 e. The van der Waals surface area contributed by atoms with E-state index in [2.05, 4.69) is 25.1 Å². The molecule has 2 aromatic carbocycles. The molecule has 0 unspecified atom stereocenters. The molecule has 0 bridgehead atoms. The molecule has 0 saturated heterocycles. The zero-order valence-electron chi connectivity index (χ0n) is 15.2. The van der Waals surface area contributed by atoms with E-state index < -0.39 is 0 Å². The quantitative estimate of drug-likeness (QED) is 0.285. The SMILES string of the molecule is CCOc1cc(C=NO)cc(Cl)c1OCCOc1ccccc1C(C)C. The summed E-state index contributed by atoms with van der Waals surface area (Å²) in [6, 6.07) is 11.3. The molecule has 0 radical (unpaired) electrons. The number of oxime groups is 1. The third-order valence-corrected chi connectivity index (χ3v) is 3.95. The van der Waals surface area contributed by atoms with Crippen LogP contribution in [0.15, 0.2) is 41.6 Å². The van der Waals surface area contributed by atoms with Gasteiger partial charge in [0, 0.05) is 5.56 Å². The summed E-state index contributed by atoms with van der Waals surface area (Å²) in [4.78, 5) is 0. The summed E-state index contributed by atoms with van der Waals surface area (Å²) in [6.07, 6.45) is 1.28. The molecule has 0 aliphatic carbocycles. The van der Waals surface area contributed by atoms with E-state index in [0.29, 0.717) is 47.8 Å². The normalized spacial score (nSPS) is 11.1. The number of benzene rings is 2. The Hall–Kier alpha value is -2.40. The van der Waals surface area contributed by atoms with Gasteiger partial charge in [-0.2, -0.15) is 0 Å². The van der Waals surface area contributed by atoms with Crippen LogP contribution in [0.4, 0.5) is 0 Å². The lowest BCUT2D eigenvalue weighted by Crippen LogP contribution is -2.11. The fourth-order valence-electron chi connectivity index (χ4n) is 2.52. The number of rotatable bonds is 9. The van der Waals surface area contributed by atoms with Crippen LogP contribution in [0.1, 0.15) is 37.8 Å². The first kappa shape index (κ1) is 19.9. The second kappa shape index (κ2) is 9.92. The van der Waals surface area contributed by atoms with Gasteiger partial charge < -0.3 is 19.4 Å². The lowest BCUT2D eigenvalue weighted by molar-refractivity contribution is 0.207. The van der Waals surface area contributed by atoms with Crippen molar-refractivity contribution in [1.82, 2.24) is 0 Å². The molecule has 140 valence electrons.